The molecule has 1 aliphatic rings. The number of carbonyl (C=O) groups is 1. The van der Waals surface area contributed by atoms with Crippen molar-refractivity contribution in [2.75, 3.05) is 6.54 Å². The smallest absolute Gasteiger partial charge is 0.269 e. The van der Waals surface area contributed by atoms with E-state index in [-0.39, 0.29) is 11.2 Å². The Balaban J connectivity index is 1.37. The van der Waals surface area contributed by atoms with Crippen molar-refractivity contribution in [1.29, 1.82) is 0 Å². The van der Waals surface area contributed by atoms with Crippen molar-refractivity contribution in [2.24, 2.45) is 5.73 Å². The molecule has 6 heteroatoms. The van der Waals surface area contributed by atoms with E-state index in [4.69, 9.17) is 5.73 Å². The van der Waals surface area contributed by atoms with Crippen molar-refractivity contribution in [1.82, 2.24) is 19.7 Å². The number of carbonyl (C=O) groups excluding carboxylic acids is 1. The summed E-state index contributed by atoms with van der Waals surface area (Å²) in [5.41, 5.74) is 12.7. The molecule has 2 aromatic heterocycles. The number of hydrogen-bond donors (Lipinski definition) is 2. The highest BCUT2D eigenvalue weighted by atomic mass is 16.1. The van der Waals surface area contributed by atoms with Gasteiger partial charge in [0.25, 0.3) is 5.91 Å². The number of primary amides is 1. The van der Waals surface area contributed by atoms with E-state index in [1.165, 1.54) is 16.7 Å². The lowest BCUT2D eigenvalue weighted by molar-refractivity contribution is 0.0995. The van der Waals surface area contributed by atoms with Crippen LogP contribution >= 0.6 is 0 Å². The summed E-state index contributed by atoms with van der Waals surface area (Å²) in [6.07, 6.45) is 5.45. The lowest BCUT2D eigenvalue weighted by Gasteiger charge is -2.31. The third kappa shape index (κ3) is 4.22. The third-order valence-electron chi connectivity index (χ3n) is 6.38. The maximum atomic E-state index is 11.5. The van der Waals surface area contributed by atoms with Gasteiger partial charge in [-0.15, -0.1) is 0 Å². The van der Waals surface area contributed by atoms with Crippen LogP contribution in [0.4, 0.5) is 0 Å². The maximum Gasteiger partial charge on any atom is 0.269 e. The Hall–Kier alpha value is -3.64. The summed E-state index contributed by atoms with van der Waals surface area (Å²) in [4.78, 5) is 11.5. The largest absolute Gasteiger partial charge is 0.364 e. The maximum absolute atomic E-state index is 11.5. The lowest BCUT2D eigenvalue weighted by atomic mass is 9.87. The molecule has 0 aliphatic carbocycles. The fraction of sp³-hybridized carbons (Fsp3) is 0.259. The molecule has 1 aliphatic heterocycles. The van der Waals surface area contributed by atoms with Crippen LogP contribution in [0.1, 0.15) is 47.6 Å². The summed E-state index contributed by atoms with van der Waals surface area (Å²) in [5, 5.41) is 9.00. The molecule has 0 saturated heterocycles. The van der Waals surface area contributed by atoms with Gasteiger partial charge in [-0.25, -0.2) is 4.68 Å². The SMILES string of the molecule is Cc1cc(C(N)=O)nn1-c1ccc2c(ccn2Cc2ccc(C3=CCNC(C)(C)C3)cc2)c1. The van der Waals surface area contributed by atoms with Crippen molar-refractivity contribution in [3.8, 4) is 5.69 Å². The van der Waals surface area contributed by atoms with Gasteiger partial charge in [-0.2, -0.15) is 5.10 Å². The van der Waals surface area contributed by atoms with Crippen molar-refractivity contribution in [2.45, 2.75) is 39.3 Å². The zero-order valence-corrected chi connectivity index (χ0v) is 19.3. The number of fused-ring (bicyclic) bond motifs is 1. The molecule has 33 heavy (non-hydrogen) atoms. The highest BCUT2D eigenvalue weighted by Crippen LogP contribution is 2.28. The van der Waals surface area contributed by atoms with E-state index in [0.717, 1.165) is 41.8 Å². The van der Waals surface area contributed by atoms with Crippen molar-refractivity contribution >= 4 is 22.4 Å². The van der Waals surface area contributed by atoms with Gasteiger partial charge in [0.1, 0.15) is 0 Å². The molecule has 0 unspecified atom stereocenters. The Bertz CT molecular complexity index is 1370. The van der Waals surface area contributed by atoms with Crippen LogP contribution in [0.5, 0.6) is 0 Å². The van der Waals surface area contributed by atoms with Gasteiger partial charge in [-0.3, -0.25) is 4.79 Å². The highest BCUT2D eigenvalue weighted by Gasteiger charge is 2.22. The van der Waals surface area contributed by atoms with E-state index >= 15 is 0 Å². The minimum absolute atomic E-state index is 0.141. The summed E-state index contributed by atoms with van der Waals surface area (Å²) in [7, 11) is 0. The topological polar surface area (TPSA) is 77.9 Å². The zero-order valence-electron chi connectivity index (χ0n) is 19.3. The second-order valence-corrected chi connectivity index (χ2v) is 9.50. The molecule has 1 amide bonds. The van der Waals surface area contributed by atoms with E-state index in [1.54, 1.807) is 10.7 Å². The monoisotopic (exact) mass is 439 g/mol. The first-order valence-electron chi connectivity index (χ1n) is 11.3. The van der Waals surface area contributed by atoms with Gasteiger partial charge in [0.2, 0.25) is 0 Å². The van der Waals surface area contributed by atoms with Crippen LogP contribution < -0.4 is 11.1 Å². The van der Waals surface area contributed by atoms with Crippen LogP contribution in [0, 0.1) is 6.92 Å². The summed E-state index contributed by atoms with van der Waals surface area (Å²) < 4.78 is 4.01. The summed E-state index contributed by atoms with van der Waals surface area (Å²) in [6, 6.07) is 19.0. The molecule has 3 N–H and O–H groups in total. The molecule has 0 radical (unpaired) electrons. The summed E-state index contributed by atoms with van der Waals surface area (Å²) in [6.45, 7) is 8.15. The second-order valence-electron chi connectivity index (χ2n) is 9.50. The number of rotatable bonds is 5. The summed E-state index contributed by atoms with van der Waals surface area (Å²) >= 11 is 0. The van der Waals surface area contributed by atoms with Crippen LogP contribution in [-0.4, -0.2) is 32.3 Å². The average molecular weight is 440 g/mol. The zero-order chi connectivity index (χ0) is 23.2. The minimum atomic E-state index is -0.518. The Morgan fingerprint density at radius 2 is 1.91 bits per heavy atom. The van der Waals surface area contributed by atoms with E-state index in [1.807, 2.05) is 13.0 Å². The molecule has 168 valence electrons. The molecule has 0 spiro atoms. The van der Waals surface area contributed by atoms with E-state index in [2.05, 4.69) is 83.6 Å². The fourth-order valence-corrected chi connectivity index (χ4v) is 4.62. The van der Waals surface area contributed by atoms with Crippen LogP contribution in [-0.2, 0) is 6.54 Å². The number of aromatic nitrogens is 3. The first-order valence-corrected chi connectivity index (χ1v) is 11.3. The van der Waals surface area contributed by atoms with Crippen molar-refractivity contribution < 1.29 is 4.79 Å². The molecule has 0 atom stereocenters. The van der Waals surface area contributed by atoms with Gasteiger partial charge < -0.3 is 15.6 Å². The van der Waals surface area contributed by atoms with Crippen LogP contribution in [0.2, 0.25) is 0 Å². The average Bonchev–Trinajstić information content (AvgIpc) is 3.37. The normalized spacial score (nSPS) is 15.5. The molecular formula is C27H29N5O. The molecule has 2 aromatic carbocycles. The molecule has 6 nitrogen and oxygen atoms in total. The molecule has 0 fully saturated rings. The first kappa shape index (κ1) is 21.2. The number of nitrogens with one attached hydrogen (secondary N) is 1. The Labute approximate surface area is 193 Å². The number of nitrogens with zero attached hydrogens (tertiary/aromatic N) is 3. The predicted molar refractivity (Wildman–Crippen MR) is 133 cm³/mol. The van der Waals surface area contributed by atoms with Gasteiger partial charge in [0, 0.05) is 41.4 Å². The van der Waals surface area contributed by atoms with Gasteiger partial charge in [0.05, 0.1) is 5.69 Å². The Morgan fingerprint density at radius 1 is 1.12 bits per heavy atom. The number of hydrogen-bond acceptors (Lipinski definition) is 3. The molecule has 3 heterocycles. The van der Waals surface area contributed by atoms with Gasteiger partial charge >= 0.3 is 0 Å². The predicted octanol–water partition coefficient (Wildman–Crippen LogP) is 4.44. The van der Waals surface area contributed by atoms with Gasteiger partial charge in [0.15, 0.2) is 5.69 Å². The van der Waals surface area contributed by atoms with E-state index in [0.29, 0.717) is 0 Å². The molecule has 5 rings (SSSR count). The Morgan fingerprint density at radius 3 is 2.61 bits per heavy atom. The van der Waals surface area contributed by atoms with E-state index in [9.17, 15) is 4.79 Å². The van der Waals surface area contributed by atoms with E-state index < -0.39 is 5.91 Å². The molecule has 0 bridgehead atoms. The van der Waals surface area contributed by atoms with Crippen LogP contribution in [0.25, 0.3) is 22.2 Å². The lowest BCUT2D eigenvalue weighted by Crippen LogP contribution is -2.42. The van der Waals surface area contributed by atoms with Crippen LogP contribution in [0.15, 0.2) is 66.9 Å². The first-order chi connectivity index (χ1) is 15.8. The number of benzene rings is 2. The van der Waals surface area contributed by atoms with Gasteiger partial charge in [-0.05, 0) is 74.2 Å². The van der Waals surface area contributed by atoms with Crippen LogP contribution in [0.3, 0.4) is 0 Å². The van der Waals surface area contributed by atoms with Crippen molar-refractivity contribution in [3.05, 3.63) is 89.4 Å². The molecule has 0 saturated carbocycles. The van der Waals surface area contributed by atoms with Gasteiger partial charge in [-0.1, -0.05) is 30.3 Å². The molecular weight excluding hydrogens is 410 g/mol. The van der Waals surface area contributed by atoms with Crippen molar-refractivity contribution in [3.63, 3.8) is 0 Å². The summed E-state index contributed by atoms with van der Waals surface area (Å²) in [5.74, 6) is -0.518. The number of nitrogens with two attached hydrogens (primary N) is 1. The standard InChI is InChI=1S/C27H29N5O/c1-18-14-24(26(28)33)30-32(18)23-8-9-25-21(15-23)11-13-31(25)17-19-4-6-20(7-5-19)22-10-12-29-27(2,3)16-22/h4-11,13-15,29H,12,16-17H2,1-3H3,(H2,28,33). The third-order valence-corrected chi connectivity index (χ3v) is 6.38. The number of aryl methyl sites for hydroxylation is 1. The molecule has 4 aromatic rings. The quantitative estimate of drug-likeness (QED) is 0.483. The Kier molecular flexibility index (Phi) is 5.17. The number of amides is 1. The minimum Gasteiger partial charge on any atom is -0.364 e. The fourth-order valence-electron chi connectivity index (χ4n) is 4.62. The highest BCUT2D eigenvalue weighted by molar-refractivity contribution is 5.91. The second kappa shape index (κ2) is 8.05.